The van der Waals surface area contributed by atoms with Crippen LogP contribution in [0.5, 0.6) is 0 Å². The van der Waals surface area contributed by atoms with Crippen molar-refractivity contribution in [2.45, 2.75) is 6.18 Å². The van der Waals surface area contributed by atoms with E-state index in [0.717, 1.165) is 18.2 Å². The second-order valence-corrected chi connectivity index (χ2v) is 6.27. The molecule has 2 aromatic carbocycles. The molecule has 0 unspecified atom stereocenters. The van der Waals surface area contributed by atoms with E-state index in [1.165, 1.54) is 47.6 Å². The van der Waals surface area contributed by atoms with Crippen LogP contribution >= 0.6 is 0 Å². The highest BCUT2D eigenvalue weighted by atomic mass is 19.4. The van der Waals surface area contributed by atoms with E-state index >= 15 is 0 Å². The Kier molecular flexibility index (Phi) is 4.97. The van der Waals surface area contributed by atoms with Gasteiger partial charge in [-0.1, -0.05) is 11.3 Å². The number of nitrogens with zero attached hydrogens (tertiary/aromatic N) is 5. The summed E-state index contributed by atoms with van der Waals surface area (Å²) in [5.41, 5.74) is -2.78. The second-order valence-electron chi connectivity index (χ2n) is 6.27. The molecule has 158 valence electrons. The third kappa shape index (κ3) is 3.99. The van der Waals surface area contributed by atoms with E-state index in [4.69, 9.17) is 0 Å². The summed E-state index contributed by atoms with van der Waals surface area (Å²) in [6.45, 7) is 0. The fourth-order valence-corrected chi connectivity index (χ4v) is 2.86. The zero-order valence-electron chi connectivity index (χ0n) is 15.3. The summed E-state index contributed by atoms with van der Waals surface area (Å²) in [4.78, 5) is 16.3. The summed E-state index contributed by atoms with van der Waals surface area (Å²) in [5.74, 6) is -2.79. The average molecular weight is 434 g/mol. The van der Waals surface area contributed by atoms with Crippen molar-refractivity contribution in [1.29, 1.82) is 0 Å². The zero-order valence-corrected chi connectivity index (χ0v) is 15.3. The molecule has 0 fully saturated rings. The predicted molar refractivity (Wildman–Crippen MR) is 97.8 cm³/mol. The molecule has 2 heterocycles. The Morgan fingerprint density at radius 2 is 1.87 bits per heavy atom. The first-order chi connectivity index (χ1) is 14.7. The molecule has 0 aliphatic rings. The van der Waals surface area contributed by atoms with Crippen molar-refractivity contribution < 1.29 is 26.7 Å². The Morgan fingerprint density at radius 3 is 2.52 bits per heavy atom. The largest absolute Gasteiger partial charge is 0.435 e. The van der Waals surface area contributed by atoms with Crippen molar-refractivity contribution in [3.8, 4) is 11.4 Å². The number of nitrogens with one attached hydrogen (secondary N) is 1. The number of carbonyl (C=O) groups excluding carboxylic acids is 1. The molecule has 0 radical (unpaired) electrons. The Hall–Kier alpha value is -4.09. The van der Waals surface area contributed by atoms with Crippen LogP contribution in [0.15, 0.2) is 61.2 Å². The first kappa shape index (κ1) is 20.2. The van der Waals surface area contributed by atoms with Gasteiger partial charge in [-0.05, 0) is 36.4 Å². The molecule has 4 aromatic rings. The highest BCUT2D eigenvalue weighted by Gasteiger charge is 2.42. The molecule has 0 aliphatic heterocycles. The quantitative estimate of drug-likeness (QED) is 0.493. The van der Waals surface area contributed by atoms with E-state index in [2.05, 4.69) is 20.6 Å². The summed E-state index contributed by atoms with van der Waals surface area (Å²) >= 11 is 0. The van der Waals surface area contributed by atoms with Crippen molar-refractivity contribution in [1.82, 2.24) is 24.5 Å². The molecule has 0 saturated heterocycles. The number of rotatable bonds is 4. The fourth-order valence-electron chi connectivity index (χ4n) is 2.86. The van der Waals surface area contributed by atoms with E-state index in [9.17, 15) is 26.7 Å². The van der Waals surface area contributed by atoms with Crippen LogP contribution in [0.4, 0.5) is 27.6 Å². The highest BCUT2D eigenvalue weighted by molar-refractivity contribution is 6.03. The molecule has 31 heavy (non-hydrogen) atoms. The van der Waals surface area contributed by atoms with Gasteiger partial charge in [0.2, 0.25) is 0 Å². The summed E-state index contributed by atoms with van der Waals surface area (Å²) < 4.78 is 70.5. The molecule has 0 atom stereocenters. The number of amides is 1. The third-order valence-electron chi connectivity index (χ3n) is 4.19. The average Bonchev–Trinajstić information content (AvgIpc) is 3.38. The molecule has 12 heteroatoms. The van der Waals surface area contributed by atoms with E-state index in [1.807, 2.05) is 0 Å². The molecule has 0 aliphatic carbocycles. The molecule has 4 rings (SSSR count). The van der Waals surface area contributed by atoms with Gasteiger partial charge < -0.3 is 9.88 Å². The standard InChI is InChI=1S/C19H11F5N6O/c20-11-2-1-3-13(8-11)30-17(19(22,23)24)16(27-28-30)18(31)26-12-4-5-15(14(21)9-12)29-7-6-25-10-29/h1-10H,(H,26,31). The van der Waals surface area contributed by atoms with Gasteiger partial charge in [0.25, 0.3) is 5.91 Å². The Morgan fingerprint density at radius 1 is 1.06 bits per heavy atom. The number of aromatic nitrogens is 5. The van der Waals surface area contributed by atoms with Crippen LogP contribution in [0.2, 0.25) is 0 Å². The predicted octanol–water partition coefficient (Wildman–Crippen LogP) is 4.00. The van der Waals surface area contributed by atoms with E-state index in [-0.39, 0.29) is 17.1 Å². The van der Waals surface area contributed by atoms with Crippen molar-refractivity contribution in [2.75, 3.05) is 5.32 Å². The Balaban J connectivity index is 1.67. The summed E-state index contributed by atoms with van der Waals surface area (Å²) in [6.07, 6.45) is -0.733. The minimum atomic E-state index is -5.03. The maximum atomic E-state index is 14.4. The molecule has 1 N–H and O–H groups in total. The van der Waals surface area contributed by atoms with Crippen LogP contribution in [-0.2, 0) is 6.18 Å². The normalized spacial score (nSPS) is 11.5. The number of anilines is 1. The number of halogens is 5. The number of hydrogen-bond acceptors (Lipinski definition) is 4. The van der Waals surface area contributed by atoms with Crippen LogP contribution in [-0.4, -0.2) is 30.5 Å². The molecule has 1 amide bonds. The van der Waals surface area contributed by atoms with Gasteiger partial charge >= 0.3 is 6.18 Å². The van der Waals surface area contributed by atoms with Gasteiger partial charge in [0.05, 0.1) is 17.7 Å². The first-order valence-corrected chi connectivity index (χ1v) is 8.62. The monoisotopic (exact) mass is 434 g/mol. The molecule has 0 saturated carbocycles. The van der Waals surface area contributed by atoms with Crippen LogP contribution in [0.1, 0.15) is 16.2 Å². The van der Waals surface area contributed by atoms with Crippen molar-refractivity contribution in [3.63, 3.8) is 0 Å². The minimum Gasteiger partial charge on any atom is -0.320 e. The number of carbonyl (C=O) groups is 1. The maximum Gasteiger partial charge on any atom is 0.435 e. The number of imidazole rings is 1. The van der Waals surface area contributed by atoms with Gasteiger partial charge in [-0.2, -0.15) is 13.2 Å². The lowest BCUT2D eigenvalue weighted by molar-refractivity contribution is -0.143. The van der Waals surface area contributed by atoms with E-state index < -0.39 is 35.1 Å². The van der Waals surface area contributed by atoms with Gasteiger partial charge in [0.15, 0.2) is 11.4 Å². The van der Waals surface area contributed by atoms with Crippen LogP contribution in [0.25, 0.3) is 11.4 Å². The van der Waals surface area contributed by atoms with Crippen LogP contribution in [0.3, 0.4) is 0 Å². The van der Waals surface area contributed by atoms with E-state index in [1.54, 1.807) is 0 Å². The highest BCUT2D eigenvalue weighted by Crippen LogP contribution is 2.33. The van der Waals surface area contributed by atoms with Gasteiger partial charge in [0.1, 0.15) is 11.6 Å². The van der Waals surface area contributed by atoms with Crippen LogP contribution in [0, 0.1) is 11.6 Å². The van der Waals surface area contributed by atoms with Crippen LogP contribution < -0.4 is 5.32 Å². The van der Waals surface area contributed by atoms with Gasteiger partial charge in [-0.25, -0.2) is 18.4 Å². The Bertz CT molecular complexity index is 1250. The lowest BCUT2D eigenvalue weighted by Crippen LogP contribution is -2.21. The third-order valence-corrected chi connectivity index (χ3v) is 4.19. The van der Waals surface area contributed by atoms with Crippen molar-refractivity contribution >= 4 is 11.6 Å². The summed E-state index contributed by atoms with van der Waals surface area (Å²) in [5, 5.41) is 8.84. The number of alkyl halides is 3. The Labute approximate surface area is 170 Å². The fraction of sp³-hybridized carbons (Fsp3) is 0.0526. The van der Waals surface area contributed by atoms with Gasteiger partial charge in [0, 0.05) is 18.1 Å². The van der Waals surface area contributed by atoms with Crippen molar-refractivity contribution in [3.05, 3.63) is 84.2 Å². The molecule has 2 aromatic heterocycles. The SMILES string of the molecule is O=C(Nc1ccc(-n2ccnc2)c(F)c1)c1nnn(-c2cccc(F)c2)c1C(F)(F)F. The van der Waals surface area contributed by atoms with Gasteiger partial charge in [-0.15, -0.1) is 5.10 Å². The number of benzene rings is 2. The molecule has 0 bridgehead atoms. The molecule has 0 spiro atoms. The molecular formula is C19H11F5N6O. The second kappa shape index (κ2) is 7.63. The van der Waals surface area contributed by atoms with Crippen molar-refractivity contribution in [2.24, 2.45) is 0 Å². The topological polar surface area (TPSA) is 77.6 Å². The van der Waals surface area contributed by atoms with Gasteiger partial charge in [-0.3, -0.25) is 4.79 Å². The lowest BCUT2D eigenvalue weighted by Gasteiger charge is -2.12. The first-order valence-electron chi connectivity index (χ1n) is 8.62. The minimum absolute atomic E-state index is 0.0974. The van der Waals surface area contributed by atoms with E-state index in [0.29, 0.717) is 4.68 Å². The lowest BCUT2D eigenvalue weighted by atomic mass is 10.2. The zero-order chi connectivity index (χ0) is 22.2. The smallest absolute Gasteiger partial charge is 0.320 e. The molecular weight excluding hydrogens is 423 g/mol. The number of hydrogen-bond donors (Lipinski definition) is 1. The summed E-state index contributed by atoms with van der Waals surface area (Å²) in [6, 6.07) is 7.80. The summed E-state index contributed by atoms with van der Waals surface area (Å²) in [7, 11) is 0. The molecule has 7 nitrogen and oxygen atoms in total. The maximum absolute atomic E-state index is 14.4.